The number of H-pyrrole nitrogens is 1. The van der Waals surface area contributed by atoms with Crippen LogP contribution in [-0.4, -0.2) is 20.2 Å². The first-order chi connectivity index (χ1) is 9.79. The first-order valence-corrected chi connectivity index (χ1v) is 7.27. The Labute approximate surface area is 120 Å². The molecule has 0 saturated heterocycles. The van der Waals surface area contributed by atoms with Gasteiger partial charge in [-0.1, -0.05) is 42.1 Å². The number of nitrogens with zero attached hydrogens (tertiary/aromatic N) is 3. The topological polar surface area (TPSA) is 67.6 Å². The molecule has 102 valence electrons. The zero-order chi connectivity index (χ0) is 13.8. The average molecular weight is 286 g/mol. The van der Waals surface area contributed by atoms with E-state index in [4.69, 9.17) is 4.42 Å². The lowest BCUT2D eigenvalue weighted by Gasteiger charge is -1.95. The molecule has 1 N–H and O–H groups in total. The highest BCUT2D eigenvalue weighted by molar-refractivity contribution is 7.98. The zero-order valence-electron chi connectivity index (χ0n) is 11.0. The summed E-state index contributed by atoms with van der Waals surface area (Å²) in [5.41, 5.74) is 1.21. The fourth-order valence-corrected chi connectivity index (χ4v) is 2.48. The van der Waals surface area contributed by atoms with E-state index in [0.717, 1.165) is 18.0 Å². The standard InChI is InChI=1S/C14H14N4OS/c1-10-8-15-13(19-10)9-20-14-16-12(17-18-14)7-11-5-3-2-4-6-11/h2-6,8H,7,9H2,1H3,(H,16,17,18). The van der Waals surface area contributed by atoms with E-state index in [1.54, 1.807) is 6.20 Å². The molecule has 0 radical (unpaired) electrons. The van der Waals surface area contributed by atoms with Crippen LogP contribution in [0.1, 0.15) is 23.0 Å². The van der Waals surface area contributed by atoms with Gasteiger partial charge in [0.05, 0.1) is 11.9 Å². The minimum Gasteiger partial charge on any atom is -0.445 e. The van der Waals surface area contributed by atoms with E-state index in [-0.39, 0.29) is 0 Å². The van der Waals surface area contributed by atoms with Gasteiger partial charge in [0.25, 0.3) is 0 Å². The van der Waals surface area contributed by atoms with Crippen molar-refractivity contribution < 1.29 is 4.42 Å². The van der Waals surface area contributed by atoms with Crippen LogP contribution in [0.25, 0.3) is 0 Å². The third-order valence-corrected chi connectivity index (χ3v) is 3.55. The summed E-state index contributed by atoms with van der Waals surface area (Å²) in [7, 11) is 0. The predicted octanol–water partition coefficient (Wildman–Crippen LogP) is 2.98. The molecule has 0 bridgehead atoms. The Balaban J connectivity index is 1.59. The minimum atomic E-state index is 0.635. The number of aryl methyl sites for hydroxylation is 1. The second-order valence-corrected chi connectivity index (χ2v) is 5.32. The van der Waals surface area contributed by atoms with Crippen molar-refractivity contribution in [2.24, 2.45) is 0 Å². The van der Waals surface area contributed by atoms with Crippen molar-refractivity contribution in [2.45, 2.75) is 24.3 Å². The fraction of sp³-hybridized carbons (Fsp3) is 0.214. The van der Waals surface area contributed by atoms with E-state index in [0.29, 0.717) is 16.8 Å². The van der Waals surface area contributed by atoms with Crippen molar-refractivity contribution >= 4 is 11.8 Å². The van der Waals surface area contributed by atoms with Crippen molar-refractivity contribution in [1.29, 1.82) is 0 Å². The lowest BCUT2D eigenvalue weighted by Crippen LogP contribution is -1.90. The summed E-state index contributed by atoms with van der Waals surface area (Å²) in [5.74, 6) is 3.01. The number of rotatable bonds is 5. The van der Waals surface area contributed by atoms with Crippen LogP contribution in [0.3, 0.4) is 0 Å². The van der Waals surface area contributed by atoms with Crippen LogP contribution in [0.5, 0.6) is 0 Å². The molecule has 0 saturated carbocycles. The first kappa shape index (κ1) is 12.9. The number of aromatic nitrogens is 4. The summed E-state index contributed by atoms with van der Waals surface area (Å²) in [6, 6.07) is 10.2. The highest BCUT2D eigenvalue weighted by Gasteiger charge is 2.07. The second kappa shape index (κ2) is 5.92. The second-order valence-electron chi connectivity index (χ2n) is 4.38. The number of aromatic amines is 1. The molecule has 20 heavy (non-hydrogen) atoms. The highest BCUT2D eigenvalue weighted by atomic mass is 32.2. The first-order valence-electron chi connectivity index (χ1n) is 6.29. The Hall–Kier alpha value is -2.08. The summed E-state index contributed by atoms with van der Waals surface area (Å²) >= 11 is 1.51. The number of oxazole rings is 1. The third-order valence-electron chi connectivity index (χ3n) is 2.72. The van der Waals surface area contributed by atoms with E-state index in [9.17, 15) is 0 Å². The van der Waals surface area contributed by atoms with Crippen molar-refractivity contribution in [3.05, 3.63) is 59.6 Å². The van der Waals surface area contributed by atoms with Crippen LogP contribution in [0.4, 0.5) is 0 Å². The number of benzene rings is 1. The van der Waals surface area contributed by atoms with Crippen molar-refractivity contribution in [1.82, 2.24) is 20.2 Å². The van der Waals surface area contributed by atoms with Gasteiger partial charge in [-0.05, 0) is 12.5 Å². The van der Waals surface area contributed by atoms with Gasteiger partial charge in [0, 0.05) is 6.42 Å². The maximum absolute atomic E-state index is 5.41. The van der Waals surface area contributed by atoms with Crippen LogP contribution in [0, 0.1) is 6.92 Å². The molecule has 1 aromatic carbocycles. The summed E-state index contributed by atoms with van der Waals surface area (Å²) in [6.45, 7) is 1.88. The van der Waals surface area contributed by atoms with Crippen LogP contribution in [0.15, 0.2) is 46.1 Å². The molecule has 0 unspecified atom stereocenters. The molecule has 0 aliphatic heterocycles. The molecule has 3 aromatic rings. The smallest absolute Gasteiger partial charge is 0.208 e. The molecule has 5 nitrogen and oxygen atoms in total. The summed E-state index contributed by atoms with van der Waals surface area (Å²) in [4.78, 5) is 8.61. The molecule has 0 fully saturated rings. The molecular weight excluding hydrogens is 272 g/mol. The summed E-state index contributed by atoms with van der Waals surface area (Å²) < 4.78 is 5.41. The van der Waals surface area contributed by atoms with Gasteiger partial charge in [0.2, 0.25) is 11.0 Å². The largest absolute Gasteiger partial charge is 0.445 e. The Bertz CT molecular complexity index is 677. The lowest BCUT2D eigenvalue weighted by atomic mass is 10.1. The van der Waals surface area contributed by atoms with Gasteiger partial charge in [-0.25, -0.2) is 9.97 Å². The lowest BCUT2D eigenvalue weighted by molar-refractivity contribution is 0.490. The fourth-order valence-electron chi connectivity index (χ4n) is 1.81. The highest BCUT2D eigenvalue weighted by Crippen LogP contribution is 2.19. The van der Waals surface area contributed by atoms with Crippen LogP contribution in [0.2, 0.25) is 0 Å². The number of hydrogen-bond donors (Lipinski definition) is 1. The number of thioether (sulfide) groups is 1. The maximum Gasteiger partial charge on any atom is 0.208 e. The molecule has 0 aliphatic carbocycles. The Morgan fingerprint density at radius 1 is 1.25 bits per heavy atom. The van der Waals surface area contributed by atoms with Crippen LogP contribution in [-0.2, 0) is 12.2 Å². The Kier molecular flexibility index (Phi) is 3.83. The van der Waals surface area contributed by atoms with Gasteiger partial charge < -0.3 is 4.42 Å². The van der Waals surface area contributed by atoms with E-state index in [1.165, 1.54) is 17.3 Å². The predicted molar refractivity (Wildman–Crippen MR) is 76.4 cm³/mol. The van der Waals surface area contributed by atoms with E-state index < -0.39 is 0 Å². The van der Waals surface area contributed by atoms with Gasteiger partial charge in [0.15, 0.2) is 0 Å². The van der Waals surface area contributed by atoms with Crippen molar-refractivity contribution in [3.63, 3.8) is 0 Å². The van der Waals surface area contributed by atoms with E-state index in [2.05, 4.69) is 32.3 Å². The Morgan fingerprint density at radius 2 is 2.10 bits per heavy atom. The Morgan fingerprint density at radius 3 is 2.85 bits per heavy atom. The monoisotopic (exact) mass is 286 g/mol. The maximum atomic E-state index is 5.41. The molecule has 0 amide bonds. The average Bonchev–Trinajstić information content (AvgIpc) is 3.07. The molecule has 0 atom stereocenters. The SMILES string of the molecule is Cc1cnc(CSc2n[nH]c(Cc3ccccc3)n2)o1. The zero-order valence-corrected chi connectivity index (χ0v) is 11.9. The minimum absolute atomic E-state index is 0.635. The van der Waals surface area contributed by atoms with E-state index >= 15 is 0 Å². The molecule has 2 aromatic heterocycles. The van der Waals surface area contributed by atoms with Gasteiger partial charge in [-0.15, -0.1) is 5.10 Å². The number of nitrogens with one attached hydrogen (secondary N) is 1. The summed E-state index contributed by atoms with van der Waals surface area (Å²) in [6.07, 6.45) is 2.47. The quantitative estimate of drug-likeness (QED) is 0.730. The summed E-state index contributed by atoms with van der Waals surface area (Å²) in [5, 5.41) is 7.87. The van der Waals surface area contributed by atoms with Gasteiger partial charge in [-0.3, -0.25) is 5.10 Å². The third kappa shape index (κ3) is 3.27. The molecule has 2 heterocycles. The molecule has 3 rings (SSSR count). The molecule has 6 heteroatoms. The normalized spacial score (nSPS) is 10.8. The van der Waals surface area contributed by atoms with Crippen LogP contribution < -0.4 is 0 Å². The molecular formula is C14H14N4OS. The van der Waals surface area contributed by atoms with Gasteiger partial charge in [-0.2, -0.15) is 0 Å². The van der Waals surface area contributed by atoms with Gasteiger partial charge in [0.1, 0.15) is 11.6 Å². The molecule has 0 spiro atoms. The van der Waals surface area contributed by atoms with Crippen molar-refractivity contribution in [2.75, 3.05) is 0 Å². The number of hydrogen-bond acceptors (Lipinski definition) is 5. The van der Waals surface area contributed by atoms with Crippen molar-refractivity contribution in [3.8, 4) is 0 Å². The van der Waals surface area contributed by atoms with Gasteiger partial charge >= 0.3 is 0 Å². The van der Waals surface area contributed by atoms with E-state index in [1.807, 2.05) is 25.1 Å². The van der Waals surface area contributed by atoms with Crippen LogP contribution >= 0.6 is 11.8 Å². The molecule has 0 aliphatic rings.